The largest absolute Gasteiger partial charge is 0.379 e. The van der Waals surface area contributed by atoms with Gasteiger partial charge in [0.2, 0.25) is 11.8 Å². The van der Waals surface area contributed by atoms with Gasteiger partial charge in [0.05, 0.1) is 30.1 Å². The number of nitrogens with zero attached hydrogens (tertiary/aromatic N) is 4. The zero-order valence-electron chi connectivity index (χ0n) is 24.3. The Bertz CT molecular complexity index is 1370. The van der Waals surface area contributed by atoms with Gasteiger partial charge in [0.15, 0.2) is 0 Å². The van der Waals surface area contributed by atoms with Crippen LogP contribution < -0.4 is 5.32 Å². The molecule has 0 spiro atoms. The maximum atomic E-state index is 14.2. The Kier molecular flexibility index (Phi) is 8.97. The normalized spacial score (nSPS) is 17.1. The molecule has 3 aromatic rings. The van der Waals surface area contributed by atoms with Gasteiger partial charge in [-0.05, 0) is 29.8 Å². The molecular weight excluding hydrogens is 521 g/mol. The van der Waals surface area contributed by atoms with E-state index in [9.17, 15) is 14.0 Å². The number of hydrogen-bond donors (Lipinski definition) is 1. The second-order valence-corrected chi connectivity index (χ2v) is 12.0. The number of ether oxygens (including phenoxy) is 1. The van der Waals surface area contributed by atoms with Crippen LogP contribution in [0.3, 0.4) is 0 Å². The van der Waals surface area contributed by atoms with E-state index in [-0.39, 0.29) is 17.6 Å². The van der Waals surface area contributed by atoms with Crippen LogP contribution in [0.4, 0.5) is 10.1 Å². The number of carbonyl (C=O) groups excluding carboxylic acids is 2. The summed E-state index contributed by atoms with van der Waals surface area (Å²) in [5.74, 6) is -0.353. The molecule has 1 aromatic heterocycles. The molecule has 8 nitrogen and oxygen atoms in total. The number of rotatable bonds is 7. The van der Waals surface area contributed by atoms with Crippen molar-refractivity contribution in [3.8, 4) is 11.3 Å². The summed E-state index contributed by atoms with van der Waals surface area (Å²) in [4.78, 5) is 36.9. The average Bonchev–Trinajstić information content (AvgIpc) is 2.96. The van der Waals surface area contributed by atoms with E-state index in [0.29, 0.717) is 42.6 Å². The van der Waals surface area contributed by atoms with Gasteiger partial charge in [-0.3, -0.25) is 19.4 Å². The number of amides is 2. The highest BCUT2D eigenvalue weighted by atomic mass is 19.1. The SMILES string of the molecule is CC(C)(C)C(=O)N1CCN(CCC(=O)Nc2cc(-c3ccc(CN4CCOCC4)cc3)nc3ccc(F)cc23)CC1. The Labute approximate surface area is 241 Å². The third-order valence-corrected chi connectivity index (χ3v) is 7.76. The van der Waals surface area contributed by atoms with Crippen molar-refractivity contribution in [2.75, 3.05) is 64.3 Å². The summed E-state index contributed by atoms with van der Waals surface area (Å²) < 4.78 is 19.6. The van der Waals surface area contributed by atoms with Crippen molar-refractivity contribution in [3.05, 3.63) is 59.9 Å². The lowest BCUT2D eigenvalue weighted by molar-refractivity contribution is -0.141. The second kappa shape index (κ2) is 12.6. The minimum atomic E-state index is -0.390. The predicted molar refractivity (Wildman–Crippen MR) is 159 cm³/mol. The summed E-state index contributed by atoms with van der Waals surface area (Å²) in [6.45, 7) is 13.5. The van der Waals surface area contributed by atoms with Gasteiger partial charge in [-0.25, -0.2) is 9.37 Å². The van der Waals surface area contributed by atoms with Gasteiger partial charge in [0, 0.05) is 75.1 Å². The minimum absolute atomic E-state index is 0.137. The fraction of sp³-hybridized carbons (Fsp3) is 0.469. The predicted octanol–water partition coefficient (Wildman–Crippen LogP) is 4.39. The summed E-state index contributed by atoms with van der Waals surface area (Å²) >= 11 is 0. The monoisotopic (exact) mass is 561 g/mol. The molecule has 0 unspecified atom stereocenters. The molecule has 1 N–H and O–H groups in total. The average molecular weight is 562 g/mol. The van der Waals surface area contributed by atoms with E-state index >= 15 is 0 Å². The molecule has 0 saturated carbocycles. The summed E-state index contributed by atoms with van der Waals surface area (Å²) in [5.41, 5.74) is 3.65. The number of benzene rings is 2. The number of halogens is 1. The zero-order valence-corrected chi connectivity index (χ0v) is 24.3. The maximum absolute atomic E-state index is 14.2. The van der Waals surface area contributed by atoms with Gasteiger partial charge in [-0.1, -0.05) is 45.0 Å². The van der Waals surface area contributed by atoms with Gasteiger partial charge in [0.25, 0.3) is 0 Å². The number of piperazine rings is 1. The smallest absolute Gasteiger partial charge is 0.228 e. The third-order valence-electron chi connectivity index (χ3n) is 7.76. The van der Waals surface area contributed by atoms with Gasteiger partial charge < -0.3 is 15.0 Å². The summed E-state index contributed by atoms with van der Waals surface area (Å²) in [7, 11) is 0. The molecule has 2 saturated heterocycles. The first-order valence-electron chi connectivity index (χ1n) is 14.5. The first kappa shape index (κ1) is 29.1. The molecule has 0 aliphatic carbocycles. The van der Waals surface area contributed by atoms with Crippen molar-refractivity contribution in [3.63, 3.8) is 0 Å². The van der Waals surface area contributed by atoms with Crippen molar-refractivity contribution in [2.45, 2.75) is 33.7 Å². The topological polar surface area (TPSA) is 78.0 Å². The van der Waals surface area contributed by atoms with Crippen LogP contribution in [0.25, 0.3) is 22.2 Å². The molecule has 0 bridgehead atoms. The number of morpholine rings is 1. The van der Waals surface area contributed by atoms with Gasteiger partial charge in [0.1, 0.15) is 5.82 Å². The number of fused-ring (bicyclic) bond motifs is 1. The fourth-order valence-electron chi connectivity index (χ4n) is 5.37. The zero-order chi connectivity index (χ0) is 29.0. The van der Waals surface area contributed by atoms with Crippen LogP contribution in [0.15, 0.2) is 48.5 Å². The lowest BCUT2D eigenvalue weighted by Crippen LogP contribution is -2.51. The molecule has 0 radical (unpaired) electrons. The van der Waals surface area contributed by atoms with Crippen LogP contribution in [0.2, 0.25) is 0 Å². The first-order chi connectivity index (χ1) is 19.7. The van der Waals surface area contributed by atoms with Crippen LogP contribution >= 0.6 is 0 Å². The van der Waals surface area contributed by atoms with E-state index in [1.165, 1.54) is 17.7 Å². The highest BCUT2D eigenvalue weighted by Gasteiger charge is 2.29. The minimum Gasteiger partial charge on any atom is -0.379 e. The molecule has 2 amide bonds. The van der Waals surface area contributed by atoms with E-state index < -0.39 is 5.41 Å². The summed E-state index contributed by atoms with van der Waals surface area (Å²) in [6, 6.07) is 14.6. The van der Waals surface area contributed by atoms with Gasteiger partial charge in [-0.2, -0.15) is 0 Å². The molecule has 2 aliphatic rings. The number of carbonyl (C=O) groups is 2. The maximum Gasteiger partial charge on any atom is 0.228 e. The summed E-state index contributed by atoms with van der Waals surface area (Å²) in [6.07, 6.45) is 0.303. The quantitative estimate of drug-likeness (QED) is 0.461. The van der Waals surface area contributed by atoms with E-state index in [4.69, 9.17) is 9.72 Å². The van der Waals surface area contributed by atoms with Gasteiger partial charge >= 0.3 is 0 Å². The van der Waals surface area contributed by atoms with Crippen molar-refractivity contribution in [1.29, 1.82) is 0 Å². The third kappa shape index (κ3) is 7.47. The van der Waals surface area contributed by atoms with E-state index in [0.717, 1.165) is 57.2 Å². The second-order valence-electron chi connectivity index (χ2n) is 12.0. The standard InChI is InChI=1S/C32H40FN5O3/c1-32(2,3)31(40)38-14-12-36(13-15-38)11-10-30(39)35-29-21-28(34-27-9-8-25(33)20-26(27)29)24-6-4-23(5-7-24)22-37-16-18-41-19-17-37/h4-9,20-21H,10-19,22H2,1-3H3,(H,34,35,39). The van der Waals surface area contributed by atoms with Crippen LogP contribution in [-0.2, 0) is 20.9 Å². The van der Waals surface area contributed by atoms with Crippen molar-refractivity contribution in [1.82, 2.24) is 19.7 Å². The van der Waals surface area contributed by atoms with Crippen molar-refractivity contribution < 1.29 is 18.7 Å². The van der Waals surface area contributed by atoms with Crippen molar-refractivity contribution >= 4 is 28.4 Å². The molecule has 2 aromatic carbocycles. The molecule has 2 aliphatic heterocycles. The lowest BCUT2D eigenvalue weighted by Gasteiger charge is -2.37. The van der Waals surface area contributed by atoms with E-state index in [1.807, 2.05) is 43.9 Å². The van der Waals surface area contributed by atoms with Crippen LogP contribution in [0.5, 0.6) is 0 Å². The molecule has 9 heteroatoms. The molecule has 41 heavy (non-hydrogen) atoms. The Balaban J connectivity index is 1.24. The number of anilines is 1. The van der Waals surface area contributed by atoms with E-state index in [1.54, 1.807) is 6.07 Å². The van der Waals surface area contributed by atoms with E-state index in [2.05, 4.69) is 27.2 Å². The Morgan fingerprint density at radius 2 is 1.63 bits per heavy atom. The Morgan fingerprint density at radius 1 is 0.927 bits per heavy atom. The van der Waals surface area contributed by atoms with Crippen LogP contribution in [-0.4, -0.2) is 90.5 Å². The van der Waals surface area contributed by atoms with Gasteiger partial charge in [-0.15, -0.1) is 0 Å². The molecule has 2 fully saturated rings. The lowest BCUT2D eigenvalue weighted by atomic mass is 9.94. The number of aromatic nitrogens is 1. The molecular formula is C32H40FN5O3. The van der Waals surface area contributed by atoms with Crippen molar-refractivity contribution in [2.24, 2.45) is 5.41 Å². The molecule has 218 valence electrons. The Morgan fingerprint density at radius 3 is 2.32 bits per heavy atom. The highest BCUT2D eigenvalue weighted by molar-refractivity contribution is 6.02. The highest BCUT2D eigenvalue weighted by Crippen LogP contribution is 2.30. The number of pyridine rings is 1. The summed E-state index contributed by atoms with van der Waals surface area (Å²) in [5, 5.41) is 3.59. The number of hydrogen-bond acceptors (Lipinski definition) is 6. The molecule has 5 rings (SSSR count). The molecule has 0 atom stereocenters. The number of nitrogens with one attached hydrogen (secondary N) is 1. The Hall–Kier alpha value is -3.40. The first-order valence-corrected chi connectivity index (χ1v) is 14.5. The van der Waals surface area contributed by atoms with Crippen LogP contribution in [0.1, 0.15) is 32.8 Å². The fourth-order valence-corrected chi connectivity index (χ4v) is 5.37. The van der Waals surface area contributed by atoms with Crippen LogP contribution in [0, 0.1) is 11.2 Å². The molecule has 3 heterocycles.